The van der Waals surface area contributed by atoms with Crippen molar-refractivity contribution in [2.45, 2.75) is 6.54 Å². The Hall–Kier alpha value is -2.42. The molecular weight excluding hydrogens is 194 g/mol. The summed E-state index contributed by atoms with van der Waals surface area (Å²) in [5, 5.41) is 15.2. The van der Waals surface area contributed by atoms with Crippen molar-refractivity contribution in [3.8, 4) is 6.07 Å². The molecule has 2 heterocycles. The lowest BCUT2D eigenvalue weighted by atomic mass is 10.3. The zero-order valence-corrected chi connectivity index (χ0v) is 7.71. The van der Waals surface area contributed by atoms with Crippen LogP contribution in [0.15, 0.2) is 29.1 Å². The molecule has 0 aromatic carbocycles. The maximum atomic E-state index is 8.63. The molecule has 2 aromatic heterocycles. The topological polar surface area (TPSA) is 87.6 Å². The van der Waals surface area contributed by atoms with Crippen LogP contribution in [-0.4, -0.2) is 15.1 Å². The quantitative estimate of drug-likeness (QED) is 0.795. The fourth-order valence-electron chi connectivity index (χ4n) is 1.04. The summed E-state index contributed by atoms with van der Waals surface area (Å²) in [6, 6.07) is 7.12. The van der Waals surface area contributed by atoms with Crippen LogP contribution in [0.4, 0.5) is 5.82 Å². The molecule has 0 aliphatic heterocycles. The highest BCUT2D eigenvalue weighted by Gasteiger charge is 1.99. The van der Waals surface area contributed by atoms with Gasteiger partial charge in [0.25, 0.3) is 0 Å². The molecular formula is C9H7N5O. The van der Waals surface area contributed by atoms with E-state index in [1.54, 1.807) is 18.2 Å². The average Bonchev–Trinajstić information content (AvgIpc) is 2.79. The highest BCUT2D eigenvalue weighted by molar-refractivity contribution is 5.38. The summed E-state index contributed by atoms with van der Waals surface area (Å²) in [5.41, 5.74) is 0.369. The van der Waals surface area contributed by atoms with Gasteiger partial charge in [-0.2, -0.15) is 10.2 Å². The van der Waals surface area contributed by atoms with E-state index in [1.165, 1.54) is 6.39 Å². The SMILES string of the molecule is N#Cc1cccc(NCc2ncon2)n1. The van der Waals surface area contributed by atoms with Gasteiger partial charge in [-0.15, -0.1) is 0 Å². The Bertz CT molecular complexity index is 473. The third-order valence-corrected chi connectivity index (χ3v) is 1.70. The van der Waals surface area contributed by atoms with Crippen LogP contribution in [0.25, 0.3) is 0 Å². The molecule has 2 rings (SSSR count). The molecule has 0 bridgehead atoms. The van der Waals surface area contributed by atoms with Crippen molar-refractivity contribution in [1.82, 2.24) is 15.1 Å². The van der Waals surface area contributed by atoms with Crippen LogP contribution >= 0.6 is 0 Å². The predicted octanol–water partition coefficient (Wildman–Crippen LogP) is 0.948. The Morgan fingerprint density at radius 2 is 2.40 bits per heavy atom. The Morgan fingerprint density at radius 3 is 3.13 bits per heavy atom. The Labute approximate surface area is 85.6 Å². The Balaban J connectivity index is 2.02. The van der Waals surface area contributed by atoms with E-state index in [0.717, 1.165) is 0 Å². The van der Waals surface area contributed by atoms with Gasteiger partial charge < -0.3 is 9.84 Å². The van der Waals surface area contributed by atoms with Crippen molar-refractivity contribution in [2.75, 3.05) is 5.32 Å². The van der Waals surface area contributed by atoms with Gasteiger partial charge in [-0.05, 0) is 12.1 Å². The molecule has 0 radical (unpaired) electrons. The standard InChI is InChI=1S/C9H7N5O/c10-4-7-2-1-3-8(13-7)11-5-9-12-6-15-14-9/h1-3,6H,5H2,(H,11,13). The van der Waals surface area contributed by atoms with Crippen LogP contribution < -0.4 is 5.32 Å². The van der Waals surface area contributed by atoms with Crippen LogP contribution in [0.5, 0.6) is 0 Å². The second kappa shape index (κ2) is 4.19. The summed E-state index contributed by atoms with van der Waals surface area (Å²) >= 11 is 0. The summed E-state index contributed by atoms with van der Waals surface area (Å²) in [5.74, 6) is 1.15. The van der Waals surface area contributed by atoms with Crippen molar-refractivity contribution in [2.24, 2.45) is 0 Å². The molecule has 6 nitrogen and oxygen atoms in total. The van der Waals surface area contributed by atoms with Crippen molar-refractivity contribution in [3.63, 3.8) is 0 Å². The van der Waals surface area contributed by atoms with Crippen LogP contribution in [0.3, 0.4) is 0 Å². The summed E-state index contributed by atoms with van der Waals surface area (Å²) in [6.07, 6.45) is 1.26. The zero-order chi connectivity index (χ0) is 10.5. The van der Waals surface area contributed by atoms with E-state index in [9.17, 15) is 0 Å². The van der Waals surface area contributed by atoms with Crippen LogP contribution in [-0.2, 0) is 6.54 Å². The van der Waals surface area contributed by atoms with E-state index in [-0.39, 0.29) is 0 Å². The van der Waals surface area contributed by atoms with Gasteiger partial charge in [0, 0.05) is 0 Å². The normalized spacial score (nSPS) is 9.53. The van der Waals surface area contributed by atoms with E-state index in [1.807, 2.05) is 6.07 Å². The van der Waals surface area contributed by atoms with Gasteiger partial charge >= 0.3 is 0 Å². The number of rotatable bonds is 3. The van der Waals surface area contributed by atoms with Crippen molar-refractivity contribution < 1.29 is 4.52 Å². The molecule has 0 amide bonds. The number of anilines is 1. The third-order valence-electron chi connectivity index (χ3n) is 1.70. The first-order valence-electron chi connectivity index (χ1n) is 4.25. The van der Waals surface area contributed by atoms with E-state index in [0.29, 0.717) is 23.9 Å². The molecule has 0 aliphatic carbocycles. The fourth-order valence-corrected chi connectivity index (χ4v) is 1.04. The minimum atomic E-state index is 0.369. The number of pyridine rings is 1. The highest BCUT2D eigenvalue weighted by Crippen LogP contribution is 2.04. The molecule has 0 unspecified atom stereocenters. The maximum Gasteiger partial charge on any atom is 0.213 e. The first-order chi connectivity index (χ1) is 7.38. The van der Waals surface area contributed by atoms with Crippen LogP contribution in [0.1, 0.15) is 11.5 Å². The van der Waals surface area contributed by atoms with Gasteiger partial charge in [0.2, 0.25) is 6.39 Å². The number of nitrogens with zero attached hydrogens (tertiary/aromatic N) is 4. The number of nitriles is 1. The Kier molecular flexibility index (Phi) is 2.56. The molecule has 0 spiro atoms. The van der Waals surface area contributed by atoms with Crippen LogP contribution in [0.2, 0.25) is 0 Å². The highest BCUT2D eigenvalue weighted by atomic mass is 16.5. The molecule has 6 heteroatoms. The molecule has 0 fully saturated rings. The van der Waals surface area contributed by atoms with Crippen molar-refractivity contribution in [3.05, 3.63) is 36.1 Å². The minimum Gasteiger partial charge on any atom is -0.363 e. The summed E-state index contributed by atoms with van der Waals surface area (Å²) < 4.78 is 4.57. The van der Waals surface area contributed by atoms with Gasteiger partial charge in [-0.25, -0.2) is 4.98 Å². The zero-order valence-electron chi connectivity index (χ0n) is 7.71. The van der Waals surface area contributed by atoms with Gasteiger partial charge in [0.15, 0.2) is 5.82 Å². The molecule has 0 saturated carbocycles. The van der Waals surface area contributed by atoms with Gasteiger partial charge in [-0.1, -0.05) is 11.2 Å². The van der Waals surface area contributed by atoms with E-state index < -0.39 is 0 Å². The smallest absolute Gasteiger partial charge is 0.213 e. The minimum absolute atomic E-state index is 0.369. The first-order valence-corrected chi connectivity index (χ1v) is 4.25. The second-order valence-corrected chi connectivity index (χ2v) is 2.72. The van der Waals surface area contributed by atoms with Crippen molar-refractivity contribution in [1.29, 1.82) is 5.26 Å². The summed E-state index contributed by atoms with van der Waals surface area (Å²) in [6.45, 7) is 0.415. The third kappa shape index (κ3) is 2.28. The Morgan fingerprint density at radius 1 is 1.47 bits per heavy atom. The molecule has 2 aromatic rings. The number of hydrogen-bond donors (Lipinski definition) is 1. The second-order valence-electron chi connectivity index (χ2n) is 2.72. The largest absolute Gasteiger partial charge is 0.363 e. The summed E-state index contributed by atoms with van der Waals surface area (Å²) in [4.78, 5) is 7.87. The molecule has 74 valence electrons. The average molecular weight is 201 g/mol. The maximum absolute atomic E-state index is 8.63. The van der Waals surface area contributed by atoms with Gasteiger partial charge in [0.1, 0.15) is 17.6 Å². The molecule has 1 N–H and O–H groups in total. The lowest BCUT2D eigenvalue weighted by Gasteiger charge is -2.01. The van der Waals surface area contributed by atoms with Gasteiger partial charge in [-0.3, -0.25) is 0 Å². The lowest BCUT2D eigenvalue weighted by molar-refractivity contribution is 0.411. The molecule has 0 atom stereocenters. The molecule has 0 saturated heterocycles. The molecule has 15 heavy (non-hydrogen) atoms. The number of aromatic nitrogens is 3. The van der Waals surface area contributed by atoms with Crippen molar-refractivity contribution >= 4 is 5.82 Å². The summed E-state index contributed by atoms with van der Waals surface area (Å²) in [7, 11) is 0. The number of nitrogens with one attached hydrogen (secondary N) is 1. The van der Waals surface area contributed by atoms with E-state index in [2.05, 4.69) is 25.0 Å². The van der Waals surface area contributed by atoms with E-state index in [4.69, 9.17) is 5.26 Å². The van der Waals surface area contributed by atoms with Crippen LogP contribution in [0, 0.1) is 11.3 Å². The van der Waals surface area contributed by atoms with Gasteiger partial charge in [0.05, 0.1) is 6.54 Å². The lowest BCUT2D eigenvalue weighted by Crippen LogP contribution is -2.03. The monoisotopic (exact) mass is 201 g/mol. The van der Waals surface area contributed by atoms with E-state index >= 15 is 0 Å². The fraction of sp³-hybridized carbons (Fsp3) is 0.111. The first kappa shape index (κ1) is 9.15. The molecule has 0 aliphatic rings. The predicted molar refractivity (Wildman–Crippen MR) is 50.6 cm³/mol. The number of hydrogen-bond acceptors (Lipinski definition) is 6.